The van der Waals surface area contributed by atoms with Gasteiger partial charge in [0.25, 0.3) is 0 Å². The molecule has 1 atom stereocenters. The van der Waals surface area contributed by atoms with E-state index in [1.807, 2.05) is 0 Å². The molecule has 6 nitrogen and oxygen atoms in total. The lowest BCUT2D eigenvalue weighted by atomic mass is 10.1. The van der Waals surface area contributed by atoms with E-state index in [9.17, 15) is 14.4 Å². The molecule has 0 aromatic heterocycles. The molecule has 0 heterocycles. The number of allylic oxidation sites excluding steroid dienone is 12. The average Bonchev–Trinajstić information content (AvgIpc) is 3.26. The average molecular weight is 851 g/mol. The molecule has 0 spiro atoms. The molecule has 0 aromatic carbocycles. The summed E-state index contributed by atoms with van der Waals surface area (Å²) in [4.78, 5) is 37.9. The van der Waals surface area contributed by atoms with Crippen LogP contribution in [0.3, 0.4) is 0 Å². The van der Waals surface area contributed by atoms with Crippen molar-refractivity contribution in [1.82, 2.24) is 0 Å². The van der Waals surface area contributed by atoms with Crippen molar-refractivity contribution in [2.45, 2.75) is 245 Å². The number of carbonyl (C=O) groups excluding carboxylic acids is 3. The van der Waals surface area contributed by atoms with E-state index in [4.69, 9.17) is 14.2 Å². The molecule has 0 aliphatic carbocycles. The third-order valence-electron chi connectivity index (χ3n) is 10.7. The van der Waals surface area contributed by atoms with E-state index in [1.54, 1.807) is 0 Å². The molecule has 1 unspecified atom stereocenters. The minimum absolute atomic E-state index is 0.0896. The van der Waals surface area contributed by atoms with Crippen LogP contribution in [0.15, 0.2) is 72.9 Å². The van der Waals surface area contributed by atoms with Gasteiger partial charge in [-0.1, -0.05) is 190 Å². The number of unbranched alkanes of at least 4 members (excludes halogenated alkanes) is 22. The molecule has 0 aromatic rings. The second kappa shape index (κ2) is 49.5. The molecule has 0 saturated heterocycles. The van der Waals surface area contributed by atoms with Crippen molar-refractivity contribution in [2.75, 3.05) is 13.2 Å². The van der Waals surface area contributed by atoms with Crippen LogP contribution in [0.25, 0.3) is 0 Å². The van der Waals surface area contributed by atoms with Gasteiger partial charge in [-0.15, -0.1) is 0 Å². The summed E-state index contributed by atoms with van der Waals surface area (Å²) in [5, 5.41) is 0. The molecule has 0 saturated carbocycles. The Labute approximate surface area is 376 Å². The van der Waals surface area contributed by atoms with Crippen LogP contribution in [0.2, 0.25) is 0 Å². The number of carbonyl (C=O) groups is 3. The van der Waals surface area contributed by atoms with Crippen molar-refractivity contribution in [1.29, 1.82) is 0 Å². The topological polar surface area (TPSA) is 78.9 Å². The molecule has 0 amide bonds. The van der Waals surface area contributed by atoms with Crippen molar-refractivity contribution >= 4 is 17.9 Å². The zero-order chi connectivity index (χ0) is 44.4. The fourth-order valence-electron chi connectivity index (χ4n) is 6.90. The van der Waals surface area contributed by atoms with E-state index in [1.165, 1.54) is 89.9 Å². The maximum atomic E-state index is 12.8. The summed E-state index contributed by atoms with van der Waals surface area (Å²) in [5.41, 5.74) is 0. The Hall–Kier alpha value is -3.15. The Morgan fingerprint density at radius 2 is 0.639 bits per heavy atom. The zero-order valence-corrected chi connectivity index (χ0v) is 39.9. The van der Waals surface area contributed by atoms with Gasteiger partial charge in [0, 0.05) is 19.3 Å². The normalized spacial score (nSPS) is 12.6. The van der Waals surface area contributed by atoms with Crippen LogP contribution >= 0.6 is 0 Å². The molecule has 0 rings (SSSR count). The van der Waals surface area contributed by atoms with E-state index < -0.39 is 6.10 Å². The van der Waals surface area contributed by atoms with Crippen molar-refractivity contribution < 1.29 is 28.6 Å². The molecule has 0 radical (unpaired) electrons. The van der Waals surface area contributed by atoms with Gasteiger partial charge in [-0.3, -0.25) is 14.4 Å². The standard InChI is InChI=1S/C55H94O6/c1-4-7-10-13-16-19-22-25-28-31-33-36-39-42-45-48-54(57)60-51-52(61-55(58)49-46-43-40-37-34-30-27-24-21-18-15-12-9-6-3)50-59-53(56)47-44-41-38-35-32-29-26-23-20-17-14-11-8-5-2/h8-9,11-12,17-22,27,30,52H,4-7,10,13-16,23-26,28-29,31-51H2,1-3H3/b11-8-,12-9-,20-17-,21-18-,22-19-,30-27-. The molecular formula is C55H94O6. The van der Waals surface area contributed by atoms with Crippen molar-refractivity contribution in [3.63, 3.8) is 0 Å². The molecule has 350 valence electrons. The largest absolute Gasteiger partial charge is 0.462 e. The Morgan fingerprint density at radius 3 is 1.02 bits per heavy atom. The Morgan fingerprint density at radius 1 is 0.344 bits per heavy atom. The van der Waals surface area contributed by atoms with Crippen LogP contribution < -0.4 is 0 Å². The number of rotatable bonds is 45. The Balaban J connectivity index is 4.43. The zero-order valence-electron chi connectivity index (χ0n) is 39.9. The minimum atomic E-state index is -0.791. The Bertz CT molecular complexity index is 1160. The van der Waals surface area contributed by atoms with E-state index in [0.29, 0.717) is 19.3 Å². The van der Waals surface area contributed by atoms with Gasteiger partial charge >= 0.3 is 17.9 Å². The summed E-state index contributed by atoms with van der Waals surface area (Å²) in [6.07, 6.45) is 61.7. The summed E-state index contributed by atoms with van der Waals surface area (Å²) in [6.45, 7) is 6.38. The first-order chi connectivity index (χ1) is 30.0. The smallest absolute Gasteiger partial charge is 0.306 e. The van der Waals surface area contributed by atoms with Crippen molar-refractivity contribution in [3.8, 4) is 0 Å². The van der Waals surface area contributed by atoms with Gasteiger partial charge in [0.2, 0.25) is 0 Å². The van der Waals surface area contributed by atoms with Crippen LogP contribution in [0.4, 0.5) is 0 Å². The fourth-order valence-corrected chi connectivity index (χ4v) is 6.90. The van der Waals surface area contributed by atoms with Gasteiger partial charge in [-0.2, -0.15) is 0 Å². The summed E-state index contributed by atoms with van der Waals surface area (Å²) in [7, 11) is 0. The predicted molar refractivity (Wildman–Crippen MR) is 261 cm³/mol. The number of hydrogen-bond donors (Lipinski definition) is 0. The first-order valence-corrected chi connectivity index (χ1v) is 25.4. The first-order valence-electron chi connectivity index (χ1n) is 25.4. The van der Waals surface area contributed by atoms with E-state index in [-0.39, 0.29) is 31.1 Å². The van der Waals surface area contributed by atoms with Gasteiger partial charge in [0.05, 0.1) is 0 Å². The third-order valence-corrected chi connectivity index (χ3v) is 10.7. The monoisotopic (exact) mass is 851 g/mol. The Kier molecular flexibility index (Phi) is 46.9. The van der Waals surface area contributed by atoms with Crippen LogP contribution in [-0.4, -0.2) is 37.2 Å². The maximum Gasteiger partial charge on any atom is 0.306 e. The SMILES string of the molecule is CC/C=C\C/C=C\C/C=C\CCCCCCC(=O)OC(COC(=O)CCCCCCCCC/C=C\C/C=C\CC)COC(=O)CCCCCCCCC/C=C\CCCCCC. The van der Waals surface area contributed by atoms with E-state index in [0.717, 1.165) is 109 Å². The molecule has 6 heteroatoms. The third kappa shape index (κ3) is 47.7. The lowest BCUT2D eigenvalue weighted by molar-refractivity contribution is -0.167. The fraction of sp³-hybridized carbons (Fsp3) is 0.727. The van der Waals surface area contributed by atoms with Gasteiger partial charge in [-0.05, 0) is 103 Å². The van der Waals surface area contributed by atoms with Gasteiger partial charge in [0.15, 0.2) is 6.10 Å². The van der Waals surface area contributed by atoms with Gasteiger partial charge in [-0.25, -0.2) is 0 Å². The highest BCUT2D eigenvalue weighted by Crippen LogP contribution is 2.14. The van der Waals surface area contributed by atoms with Crippen LogP contribution in [-0.2, 0) is 28.6 Å². The van der Waals surface area contributed by atoms with Crippen LogP contribution in [0, 0.1) is 0 Å². The lowest BCUT2D eigenvalue weighted by Crippen LogP contribution is -2.30. The summed E-state index contributed by atoms with van der Waals surface area (Å²) < 4.78 is 16.8. The molecule has 0 aliphatic heterocycles. The number of ether oxygens (including phenoxy) is 3. The van der Waals surface area contributed by atoms with E-state index in [2.05, 4.69) is 93.7 Å². The second-order valence-electron chi connectivity index (χ2n) is 16.7. The number of esters is 3. The van der Waals surface area contributed by atoms with Crippen LogP contribution in [0.1, 0.15) is 239 Å². The van der Waals surface area contributed by atoms with E-state index >= 15 is 0 Å². The summed E-state index contributed by atoms with van der Waals surface area (Å²) in [6, 6.07) is 0. The second-order valence-corrected chi connectivity index (χ2v) is 16.7. The van der Waals surface area contributed by atoms with Gasteiger partial charge in [0.1, 0.15) is 13.2 Å². The molecule has 61 heavy (non-hydrogen) atoms. The van der Waals surface area contributed by atoms with Crippen molar-refractivity contribution in [2.24, 2.45) is 0 Å². The highest BCUT2D eigenvalue weighted by atomic mass is 16.6. The highest BCUT2D eigenvalue weighted by Gasteiger charge is 2.19. The molecule has 0 N–H and O–H groups in total. The molecule has 0 bridgehead atoms. The lowest BCUT2D eigenvalue weighted by Gasteiger charge is -2.18. The minimum Gasteiger partial charge on any atom is -0.462 e. The first kappa shape index (κ1) is 57.9. The molecule has 0 fully saturated rings. The van der Waals surface area contributed by atoms with Crippen LogP contribution in [0.5, 0.6) is 0 Å². The highest BCUT2D eigenvalue weighted by molar-refractivity contribution is 5.71. The van der Waals surface area contributed by atoms with Crippen molar-refractivity contribution in [3.05, 3.63) is 72.9 Å². The quantitative estimate of drug-likeness (QED) is 0.0263. The maximum absolute atomic E-state index is 12.8. The summed E-state index contributed by atoms with van der Waals surface area (Å²) in [5.74, 6) is -0.924. The van der Waals surface area contributed by atoms with Gasteiger partial charge < -0.3 is 14.2 Å². The summed E-state index contributed by atoms with van der Waals surface area (Å²) >= 11 is 0. The predicted octanol–water partition coefficient (Wildman–Crippen LogP) is 16.6. The molecular weight excluding hydrogens is 757 g/mol. The molecule has 0 aliphatic rings. The number of hydrogen-bond acceptors (Lipinski definition) is 6.